The third-order valence-corrected chi connectivity index (χ3v) is 2.41. The molecule has 0 aliphatic rings. The van der Waals surface area contributed by atoms with E-state index in [2.05, 4.69) is 15.3 Å². The SMILES string of the molecule is CN(C)CC(C)(O)CNc1nc(Cl)ncc1[N+](=O)[O-]. The molecule has 19 heavy (non-hydrogen) atoms. The van der Waals surface area contributed by atoms with E-state index in [1.165, 1.54) is 0 Å². The monoisotopic (exact) mass is 289 g/mol. The fourth-order valence-corrected chi connectivity index (χ4v) is 1.76. The van der Waals surface area contributed by atoms with Gasteiger partial charge in [0, 0.05) is 13.1 Å². The Morgan fingerprint density at radius 1 is 1.63 bits per heavy atom. The number of rotatable bonds is 6. The summed E-state index contributed by atoms with van der Waals surface area (Å²) in [6.45, 7) is 2.11. The van der Waals surface area contributed by atoms with Crippen molar-refractivity contribution in [2.75, 3.05) is 32.5 Å². The van der Waals surface area contributed by atoms with Gasteiger partial charge in [0.05, 0.1) is 10.5 Å². The fourth-order valence-electron chi connectivity index (χ4n) is 1.63. The Hall–Kier alpha value is -1.51. The molecule has 106 valence electrons. The molecule has 9 heteroatoms. The Morgan fingerprint density at radius 2 is 2.26 bits per heavy atom. The van der Waals surface area contributed by atoms with Gasteiger partial charge in [-0.15, -0.1) is 0 Å². The van der Waals surface area contributed by atoms with Crippen LogP contribution in [0.5, 0.6) is 0 Å². The molecule has 1 unspecified atom stereocenters. The van der Waals surface area contributed by atoms with Crippen molar-refractivity contribution in [1.29, 1.82) is 0 Å². The highest BCUT2D eigenvalue weighted by Gasteiger charge is 2.24. The summed E-state index contributed by atoms with van der Waals surface area (Å²) in [5.74, 6) is -0.0102. The molecule has 2 N–H and O–H groups in total. The molecule has 1 atom stereocenters. The largest absolute Gasteiger partial charge is 0.387 e. The van der Waals surface area contributed by atoms with Crippen molar-refractivity contribution in [3.63, 3.8) is 0 Å². The Labute approximate surface area is 115 Å². The van der Waals surface area contributed by atoms with Crippen molar-refractivity contribution in [1.82, 2.24) is 14.9 Å². The highest BCUT2D eigenvalue weighted by atomic mass is 35.5. The second-order valence-electron chi connectivity index (χ2n) is 4.72. The van der Waals surface area contributed by atoms with E-state index in [0.717, 1.165) is 6.20 Å². The molecule has 0 aliphatic heterocycles. The number of hydrogen-bond acceptors (Lipinski definition) is 7. The minimum Gasteiger partial charge on any atom is -0.387 e. The lowest BCUT2D eigenvalue weighted by Gasteiger charge is -2.27. The van der Waals surface area contributed by atoms with Crippen molar-refractivity contribution in [2.24, 2.45) is 0 Å². The molecule has 0 spiro atoms. The smallest absolute Gasteiger partial charge is 0.329 e. The van der Waals surface area contributed by atoms with Crippen LogP contribution >= 0.6 is 11.6 Å². The molecule has 1 heterocycles. The van der Waals surface area contributed by atoms with Crippen LogP contribution in [0.1, 0.15) is 6.92 Å². The minimum atomic E-state index is -1.06. The summed E-state index contributed by atoms with van der Waals surface area (Å²) >= 11 is 5.60. The summed E-state index contributed by atoms with van der Waals surface area (Å²) in [4.78, 5) is 19.3. The molecule has 0 radical (unpaired) electrons. The number of hydrogen-bond donors (Lipinski definition) is 2. The third kappa shape index (κ3) is 4.93. The fraction of sp³-hybridized carbons (Fsp3) is 0.600. The van der Waals surface area contributed by atoms with E-state index >= 15 is 0 Å². The number of aliphatic hydroxyl groups is 1. The van der Waals surface area contributed by atoms with Gasteiger partial charge in [0.2, 0.25) is 11.1 Å². The van der Waals surface area contributed by atoms with Gasteiger partial charge >= 0.3 is 5.69 Å². The Kier molecular flexibility index (Phi) is 4.98. The normalized spacial score (nSPS) is 14.2. The predicted molar refractivity (Wildman–Crippen MR) is 71.4 cm³/mol. The van der Waals surface area contributed by atoms with Gasteiger partial charge < -0.3 is 15.3 Å². The van der Waals surface area contributed by atoms with Gasteiger partial charge in [-0.25, -0.2) is 4.98 Å². The van der Waals surface area contributed by atoms with Crippen LogP contribution in [0, 0.1) is 10.1 Å². The van der Waals surface area contributed by atoms with Crippen molar-refractivity contribution < 1.29 is 10.0 Å². The highest BCUT2D eigenvalue weighted by molar-refractivity contribution is 6.28. The summed E-state index contributed by atoms with van der Waals surface area (Å²) in [7, 11) is 3.64. The number of aromatic nitrogens is 2. The van der Waals surface area contributed by atoms with E-state index in [1.807, 2.05) is 19.0 Å². The van der Waals surface area contributed by atoms with Gasteiger partial charge in [0.25, 0.3) is 0 Å². The first-order chi connectivity index (χ1) is 8.71. The molecule has 0 saturated carbocycles. The Balaban J connectivity index is 2.82. The van der Waals surface area contributed by atoms with E-state index in [-0.39, 0.29) is 23.3 Å². The average Bonchev–Trinajstić information content (AvgIpc) is 2.24. The second-order valence-corrected chi connectivity index (χ2v) is 5.06. The van der Waals surface area contributed by atoms with Crippen molar-refractivity contribution in [2.45, 2.75) is 12.5 Å². The minimum absolute atomic E-state index is 0.0102. The van der Waals surface area contributed by atoms with Crippen LogP contribution in [-0.4, -0.2) is 57.7 Å². The van der Waals surface area contributed by atoms with Crippen molar-refractivity contribution in [3.05, 3.63) is 21.6 Å². The topological polar surface area (TPSA) is 104 Å². The number of likely N-dealkylation sites (N-methyl/N-ethyl adjacent to an activating group) is 1. The zero-order chi connectivity index (χ0) is 14.6. The van der Waals surface area contributed by atoms with Crippen molar-refractivity contribution in [3.8, 4) is 0 Å². The molecule has 0 aliphatic carbocycles. The van der Waals surface area contributed by atoms with Gasteiger partial charge in [0.15, 0.2) is 0 Å². The zero-order valence-corrected chi connectivity index (χ0v) is 11.7. The number of anilines is 1. The van der Waals surface area contributed by atoms with Gasteiger partial charge in [0.1, 0.15) is 6.20 Å². The lowest BCUT2D eigenvalue weighted by atomic mass is 10.1. The first-order valence-electron chi connectivity index (χ1n) is 5.49. The molecule has 0 aromatic carbocycles. The van der Waals surface area contributed by atoms with Crippen LogP contribution in [0.25, 0.3) is 0 Å². The maximum Gasteiger partial charge on any atom is 0.329 e. The van der Waals surface area contributed by atoms with Crippen LogP contribution in [0.2, 0.25) is 5.28 Å². The van der Waals surface area contributed by atoms with Crippen LogP contribution in [0.4, 0.5) is 11.5 Å². The molecular weight excluding hydrogens is 274 g/mol. The number of halogens is 1. The van der Waals surface area contributed by atoms with Gasteiger partial charge in [-0.1, -0.05) is 0 Å². The van der Waals surface area contributed by atoms with Gasteiger partial charge in [-0.3, -0.25) is 10.1 Å². The van der Waals surface area contributed by atoms with E-state index in [9.17, 15) is 15.2 Å². The van der Waals surface area contributed by atoms with Crippen LogP contribution < -0.4 is 5.32 Å². The molecule has 1 aromatic heterocycles. The lowest BCUT2D eigenvalue weighted by Crippen LogP contribution is -2.43. The summed E-state index contributed by atoms with van der Waals surface area (Å²) < 4.78 is 0. The first-order valence-corrected chi connectivity index (χ1v) is 5.87. The molecule has 0 amide bonds. The standard InChI is InChI=1S/C10H16ClN5O3/c1-10(17,6-15(2)3)5-13-8-7(16(18)19)4-12-9(11)14-8/h4,17H,5-6H2,1-3H3,(H,12,13,14). The highest BCUT2D eigenvalue weighted by Crippen LogP contribution is 2.22. The molecule has 0 saturated heterocycles. The van der Waals surface area contributed by atoms with Crippen LogP contribution in [0.3, 0.4) is 0 Å². The van der Waals surface area contributed by atoms with Crippen molar-refractivity contribution >= 4 is 23.1 Å². The third-order valence-electron chi connectivity index (χ3n) is 2.23. The molecule has 1 aromatic rings. The summed E-state index contributed by atoms with van der Waals surface area (Å²) in [5.41, 5.74) is -1.35. The maximum atomic E-state index is 10.8. The number of nitro groups is 1. The number of nitrogens with one attached hydrogen (secondary N) is 1. The van der Waals surface area contributed by atoms with E-state index in [4.69, 9.17) is 11.6 Å². The van der Waals surface area contributed by atoms with Gasteiger partial charge in [-0.05, 0) is 32.6 Å². The molecule has 1 rings (SSSR count). The Morgan fingerprint density at radius 3 is 2.79 bits per heavy atom. The number of nitrogens with zero attached hydrogens (tertiary/aromatic N) is 4. The van der Waals surface area contributed by atoms with E-state index < -0.39 is 10.5 Å². The first kappa shape index (κ1) is 15.5. The van der Waals surface area contributed by atoms with Gasteiger partial charge in [-0.2, -0.15) is 4.98 Å². The second kappa shape index (κ2) is 6.09. The van der Waals surface area contributed by atoms with E-state index in [1.54, 1.807) is 6.92 Å². The van der Waals surface area contributed by atoms with Crippen LogP contribution in [-0.2, 0) is 0 Å². The van der Waals surface area contributed by atoms with Crippen LogP contribution in [0.15, 0.2) is 6.20 Å². The summed E-state index contributed by atoms with van der Waals surface area (Å²) in [5, 5.41) is 23.5. The molecule has 0 bridgehead atoms. The zero-order valence-electron chi connectivity index (χ0n) is 10.9. The molecular formula is C10H16ClN5O3. The average molecular weight is 290 g/mol. The predicted octanol–water partition coefficient (Wildman–Crippen LogP) is 0.763. The molecule has 0 fully saturated rings. The summed E-state index contributed by atoms with van der Waals surface area (Å²) in [6, 6.07) is 0. The van der Waals surface area contributed by atoms with E-state index in [0.29, 0.717) is 6.54 Å². The lowest BCUT2D eigenvalue weighted by molar-refractivity contribution is -0.384. The quantitative estimate of drug-likeness (QED) is 0.452. The molecule has 8 nitrogen and oxygen atoms in total. The maximum absolute atomic E-state index is 10.8. The summed E-state index contributed by atoms with van der Waals surface area (Å²) in [6.07, 6.45) is 1.03. The Bertz CT molecular complexity index is 466.